The SMILES string of the molecule is O=C(CO)C1=CC=C(CNC(=O)C2(c3ccc(Cl)cc3)C=CCCC2)CC1. The number of rotatable bonds is 6. The number of ketones is 1. The molecule has 1 unspecified atom stereocenters. The molecule has 2 aliphatic carbocycles. The molecular formula is C22H24ClNO3. The molecule has 1 aromatic carbocycles. The van der Waals surface area contributed by atoms with Crippen LogP contribution in [0.15, 0.2) is 59.7 Å². The fraction of sp³-hybridized carbons (Fsp3) is 0.364. The monoisotopic (exact) mass is 385 g/mol. The molecule has 3 rings (SSSR count). The second-order valence-corrected chi connectivity index (χ2v) is 7.49. The summed E-state index contributed by atoms with van der Waals surface area (Å²) in [6, 6.07) is 7.49. The Labute approximate surface area is 164 Å². The molecule has 2 N–H and O–H groups in total. The zero-order valence-corrected chi connectivity index (χ0v) is 16.0. The lowest BCUT2D eigenvalue weighted by atomic mass is 9.72. The summed E-state index contributed by atoms with van der Waals surface area (Å²) in [5.41, 5.74) is 2.00. The van der Waals surface area contributed by atoms with E-state index in [1.54, 1.807) is 6.08 Å². The maximum absolute atomic E-state index is 13.1. The summed E-state index contributed by atoms with van der Waals surface area (Å²) in [7, 11) is 0. The molecule has 4 nitrogen and oxygen atoms in total. The van der Waals surface area contributed by atoms with Gasteiger partial charge in [-0.3, -0.25) is 9.59 Å². The van der Waals surface area contributed by atoms with Gasteiger partial charge in [-0.15, -0.1) is 0 Å². The third-order valence-electron chi connectivity index (χ3n) is 5.32. The van der Waals surface area contributed by atoms with Crippen LogP contribution in [0.2, 0.25) is 5.02 Å². The minimum Gasteiger partial charge on any atom is -0.388 e. The Hall–Kier alpha value is -2.17. The fourth-order valence-electron chi connectivity index (χ4n) is 3.69. The molecule has 27 heavy (non-hydrogen) atoms. The molecule has 0 spiro atoms. The lowest BCUT2D eigenvalue weighted by Gasteiger charge is -2.33. The van der Waals surface area contributed by atoms with Gasteiger partial charge in [-0.25, -0.2) is 0 Å². The van der Waals surface area contributed by atoms with Crippen molar-refractivity contribution in [3.63, 3.8) is 0 Å². The average molecular weight is 386 g/mol. The number of nitrogens with one attached hydrogen (secondary N) is 1. The molecule has 0 heterocycles. The highest BCUT2D eigenvalue weighted by Gasteiger charge is 2.38. The second kappa shape index (κ2) is 8.68. The minimum atomic E-state index is -0.661. The fourth-order valence-corrected chi connectivity index (χ4v) is 3.81. The lowest BCUT2D eigenvalue weighted by molar-refractivity contribution is -0.125. The molecule has 0 fully saturated rings. The Morgan fingerprint density at radius 3 is 2.52 bits per heavy atom. The van der Waals surface area contributed by atoms with Gasteiger partial charge in [-0.1, -0.05) is 53.6 Å². The van der Waals surface area contributed by atoms with E-state index < -0.39 is 12.0 Å². The van der Waals surface area contributed by atoms with Crippen LogP contribution in [0.4, 0.5) is 0 Å². The Morgan fingerprint density at radius 1 is 1.15 bits per heavy atom. The molecule has 0 aliphatic heterocycles. The van der Waals surface area contributed by atoms with Gasteiger partial charge >= 0.3 is 0 Å². The average Bonchev–Trinajstić information content (AvgIpc) is 2.72. The number of carbonyl (C=O) groups is 2. The van der Waals surface area contributed by atoms with Crippen LogP contribution in [0.5, 0.6) is 0 Å². The van der Waals surface area contributed by atoms with Crippen LogP contribution in [0.1, 0.15) is 37.7 Å². The quantitative estimate of drug-likeness (QED) is 0.734. The maximum Gasteiger partial charge on any atom is 0.234 e. The summed E-state index contributed by atoms with van der Waals surface area (Å²) < 4.78 is 0. The zero-order chi connectivity index (χ0) is 19.3. The van der Waals surface area contributed by atoms with Crippen molar-refractivity contribution < 1.29 is 14.7 Å². The largest absolute Gasteiger partial charge is 0.388 e. The van der Waals surface area contributed by atoms with E-state index in [9.17, 15) is 9.59 Å². The highest BCUT2D eigenvalue weighted by molar-refractivity contribution is 6.30. The van der Waals surface area contributed by atoms with E-state index in [2.05, 4.69) is 11.4 Å². The number of aliphatic hydroxyl groups excluding tert-OH is 1. The molecule has 142 valence electrons. The van der Waals surface area contributed by atoms with Gasteiger partial charge in [0.2, 0.25) is 5.91 Å². The summed E-state index contributed by atoms with van der Waals surface area (Å²) in [5.74, 6) is -0.244. The van der Waals surface area contributed by atoms with Crippen LogP contribution in [-0.4, -0.2) is 29.9 Å². The summed E-state index contributed by atoms with van der Waals surface area (Å²) in [6.07, 6.45) is 11.7. The Morgan fingerprint density at radius 2 is 1.93 bits per heavy atom. The maximum atomic E-state index is 13.1. The smallest absolute Gasteiger partial charge is 0.234 e. The number of aliphatic hydroxyl groups is 1. The van der Waals surface area contributed by atoms with Gasteiger partial charge in [0.15, 0.2) is 5.78 Å². The van der Waals surface area contributed by atoms with Gasteiger partial charge in [-0.05, 0) is 55.4 Å². The Kier molecular flexibility index (Phi) is 6.30. The molecule has 1 atom stereocenters. The molecule has 1 amide bonds. The molecule has 0 radical (unpaired) electrons. The first kappa shape index (κ1) is 19.6. The van der Waals surface area contributed by atoms with Crippen molar-refractivity contribution >= 4 is 23.3 Å². The van der Waals surface area contributed by atoms with Crippen molar-refractivity contribution in [3.8, 4) is 0 Å². The zero-order valence-electron chi connectivity index (χ0n) is 15.2. The number of hydrogen-bond donors (Lipinski definition) is 2. The van der Waals surface area contributed by atoms with E-state index in [-0.39, 0.29) is 11.7 Å². The summed E-state index contributed by atoms with van der Waals surface area (Å²) in [4.78, 5) is 24.7. The normalized spacial score (nSPS) is 22.0. The Balaban J connectivity index is 1.73. The highest BCUT2D eigenvalue weighted by Crippen LogP contribution is 2.36. The molecule has 0 bridgehead atoms. The van der Waals surface area contributed by atoms with Gasteiger partial charge in [0.25, 0.3) is 0 Å². The van der Waals surface area contributed by atoms with E-state index in [0.717, 1.165) is 30.4 Å². The van der Waals surface area contributed by atoms with Crippen molar-refractivity contribution in [1.82, 2.24) is 5.32 Å². The number of benzene rings is 1. The number of hydrogen-bond acceptors (Lipinski definition) is 3. The second-order valence-electron chi connectivity index (χ2n) is 7.05. The van der Waals surface area contributed by atoms with E-state index in [0.29, 0.717) is 30.0 Å². The molecule has 2 aliphatic rings. The van der Waals surface area contributed by atoms with Gasteiger partial charge in [0.05, 0.1) is 5.41 Å². The molecule has 1 aromatic rings. The van der Waals surface area contributed by atoms with Crippen LogP contribution in [0.25, 0.3) is 0 Å². The number of Topliss-reactive ketones (excluding diaryl/α,β-unsaturated/α-hetero) is 1. The minimum absolute atomic E-state index is 0.0112. The van der Waals surface area contributed by atoms with Gasteiger partial charge in [0, 0.05) is 11.6 Å². The lowest BCUT2D eigenvalue weighted by Crippen LogP contribution is -2.44. The van der Waals surface area contributed by atoms with Gasteiger partial charge in [-0.2, -0.15) is 0 Å². The van der Waals surface area contributed by atoms with Gasteiger partial charge < -0.3 is 10.4 Å². The number of amides is 1. The van der Waals surface area contributed by atoms with Crippen molar-refractivity contribution in [1.29, 1.82) is 0 Å². The third-order valence-corrected chi connectivity index (χ3v) is 5.57. The number of halogens is 1. The van der Waals surface area contributed by atoms with Crippen LogP contribution in [-0.2, 0) is 15.0 Å². The summed E-state index contributed by atoms with van der Waals surface area (Å²) in [6.45, 7) is 0.000792. The first-order chi connectivity index (χ1) is 13.0. The molecule has 0 aromatic heterocycles. The summed E-state index contributed by atoms with van der Waals surface area (Å²) in [5, 5.41) is 12.7. The molecule has 0 saturated carbocycles. The van der Waals surface area contributed by atoms with Crippen LogP contribution < -0.4 is 5.32 Å². The van der Waals surface area contributed by atoms with Gasteiger partial charge in [0.1, 0.15) is 6.61 Å². The van der Waals surface area contributed by atoms with Crippen molar-refractivity contribution in [2.24, 2.45) is 0 Å². The highest BCUT2D eigenvalue weighted by atomic mass is 35.5. The molecule has 5 heteroatoms. The van der Waals surface area contributed by atoms with Crippen LogP contribution in [0.3, 0.4) is 0 Å². The van der Waals surface area contributed by atoms with Crippen molar-refractivity contribution in [2.45, 2.75) is 37.5 Å². The third kappa shape index (κ3) is 4.40. The van der Waals surface area contributed by atoms with Crippen molar-refractivity contribution in [2.75, 3.05) is 13.2 Å². The first-order valence-electron chi connectivity index (χ1n) is 9.30. The molecular weight excluding hydrogens is 362 g/mol. The molecule has 0 saturated heterocycles. The van der Waals surface area contributed by atoms with E-state index in [1.165, 1.54) is 0 Å². The number of carbonyl (C=O) groups excluding carboxylic acids is 2. The van der Waals surface area contributed by atoms with E-state index in [1.807, 2.05) is 36.4 Å². The van der Waals surface area contributed by atoms with E-state index in [4.69, 9.17) is 16.7 Å². The Bertz CT molecular complexity index is 807. The van der Waals surface area contributed by atoms with E-state index >= 15 is 0 Å². The first-order valence-corrected chi connectivity index (χ1v) is 9.68. The van der Waals surface area contributed by atoms with Crippen molar-refractivity contribution in [3.05, 3.63) is 70.3 Å². The topological polar surface area (TPSA) is 66.4 Å². The predicted octanol–water partition coefficient (Wildman–Crippen LogP) is 3.64. The summed E-state index contributed by atoms with van der Waals surface area (Å²) >= 11 is 6.01. The number of allylic oxidation sites excluding steroid dienone is 3. The predicted molar refractivity (Wildman–Crippen MR) is 107 cm³/mol. The standard InChI is InChI=1S/C22H24ClNO3/c23-19-10-8-18(9-11-19)22(12-2-1-3-13-22)21(27)24-14-16-4-6-17(7-5-16)20(26)15-25/h2,4,6,8-12,25H,1,3,5,7,13-15H2,(H,24,27). The van der Waals surface area contributed by atoms with Crippen LogP contribution >= 0.6 is 11.6 Å². The van der Waals surface area contributed by atoms with Crippen LogP contribution in [0, 0.1) is 0 Å².